The van der Waals surface area contributed by atoms with Crippen LogP contribution in [0.1, 0.15) is 20.7 Å². The summed E-state index contributed by atoms with van der Waals surface area (Å²) in [5.41, 5.74) is 1.03. The Morgan fingerprint density at radius 3 is 2.00 bits per heavy atom. The molecule has 0 spiro atoms. The SMILES string of the molecule is O=C1c2ccccc2C(=O)N1CC1C=CC=C1. The standard InChI is InChI=1S/C14H11NO2/c16-13-11-7-3-4-8-12(11)14(17)15(13)9-10-5-1-2-6-10/h1-8,10H,9H2. The fourth-order valence-corrected chi connectivity index (χ4v) is 2.22. The molecule has 1 aliphatic heterocycles. The second kappa shape index (κ2) is 3.70. The molecule has 0 N–H and O–H groups in total. The van der Waals surface area contributed by atoms with Crippen LogP contribution in [0.2, 0.25) is 0 Å². The molecule has 1 aromatic rings. The lowest BCUT2D eigenvalue weighted by molar-refractivity contribution is 0.0646. The van der Waals surface area contributed by atoms with Gasteiger partial charge in [0.1, 0.15) is 0 Å². The molecular weight excluding hydrogens is 214 g/mol. The van der Waals surface area contributed by atoms with E-state index in [9.17, 15) is 9.59 Å². The van der Waals surface area contributed by atoms with E-state index in [-0.39, 0.29) is 17.7 Å². The molecule has 3 heteroatoms. The van der Waals surface area contributed by atoms with E-state index in [4.69, 9.17) is 0 Å². The number of hydrogen-bond acceptors (Lipinski definition) is 2. The van der Waals surface area contributed by atoms with Gasteiger partial charge in [0.25, 0.3) is 11.8 Å². The minimum atomic E-state index is -0.181. The Hall–Kier alpha value is -2.16. The largest absolute Gasteiger partial charge is 0.273 e. The van der Waals surface area contributed by atoms with E-state index in [0.29, 0.717) is 17.7 Å². The number of carbonyl (C=O) groups excluding carboxylic acids is 2. The van der Waals surface area contributed by atoms with Gasteiger partial charge in [-0.3, -0.25) is 14.5 Å². The number of rotatable bonds is 2. The molecule has 0 fully saturated rings. The monoisotopic (exact) mass is 225 g/mol. The minimum Gasteiger partial charge on any atom is -0.273 e. The van der Waals surface area contributed by atoms with E-state index in [1.807, 2.05) is 24.3 Å². The maximum atomic E-state index is 12.1. The first-order valence-electron chi connectivity index (χ1n) is 5.57. The highest BCUT2D eigenvalue weighted by atomic mass is 16.2. The summed E-state index contributed by atoms with van der Waals surface area (Å²) in [5.74, 6) is -0.212. The van der Waals surface area contributed by atoms with E-state index in [1.165, 1.54) is 4.90 Å². The van der Waals surface area contributed by atoms with Crippen LogP contribution in [0.4, 0.5) is 0 Å². The molecule has 1 aromatic carbocycles. The molecule has 0 aromatic heterocycles. The lowest BCUT2D eigenvalue weighted by Gasteiger charge is -2.16. The van der Waals surface area contributed by atoms with Gasteiger partial charge in [0.15, 0.2) is 0 Å². The Kier molecular flexibility index (Phi) is 2.18. The van der Waals surface area contributed by atoms with Crippen molar-refractivity contribution in [2.45, 2.75) is 0 Å². The van der Waals surface area contributed by atoms with Crippen LogP contribution in [0, 0.1) is 5.92 Å². The number of amides is 2. The van der Waals surface area contributed by atoms with E-state index in [0.717, 1.165) is 0 Å². The van der Waals surface area contributed by atoms with Gasteiger partial charge in [0.2, 0.25) is 0 Å². The third kappa shape index (κ3) is 1.51. The van der Waals surface area contributed by atoms with Crippen molar-refractivity contribution in [2.24, 2.45) is 5.92 Å². The summed E-state index contributed by atoms with van der Waals surface area (Å²) in [5, 5.41) is 0. The van der Waals surface area contributed by atoms with Crippen LogP contribution >= 0.6 is 0 Å². The molecule has 0 atom stereocenters. The first-order valence-corrected chi connectivity index (χ1v) is 5.57. The zero-order chi connectivity index (χ0) is 11.8. The zero-order valence-electron chi connectivity index (χ0n) is 9.17. The lowest BCUT2D eigenvalue weighted by atomic mass is 10.1. The molecule has 0 saturated heterocycles. The van der Waals surface area contributed by atoms with Gasteiger partial charge >= 0.3 is 0 Å². The maximum absolute atomic E-state index is 12.1. The Labute approximate surface area is 99.0 Å². The van der Waals surface area contributed by atoms with E-state index in [1.54, 1.807) is 24.3 Å². The smallest absolute Gasteiger partial charge is 0.261 e. The molecule has 0 bridgehead atoms. The van der Waals surface area contributed by atoms with Crippen molar-refractivity contribution in [3.05, 3.63) is 59.7 Å². The predicted octanol–water partition coefficient (Wildman–Crippen LogP) is 2.02. The van der Waals surface area contributed by atoms with Crippen LogP contribution < -0.4 is 0 Å². The molecule has 0 unspecified atom stereocenters. The van der Waals surface area contributed by atoms with Gasteiger partial charge in [-0.1, -0.05) is 36.4 Å². The second-order valence-electron chi connectivity index (χ2n) is 4.20. The fraction of sp³-hybridized carbons (Fsp3) is 0.143. The van der Waals surface area contributed by atoms with E-state index < -0.39 is 0 Å². The van der Waals surface area contributed by atoms with Crippen molar-refractivity contribution in [3.63, 3.8) is 0 Å². The van der Waals surface area contributed by atoms with Gasteiger partial charge in [-0.05, 0) is 12.1 Å². The fourth-order valence-electron chi connectivity index (χ4n) is 2.22. The molecule has 0 saturated carbocycles. The number of hydrogen-bond donors (Lipinski definition) is 0. The number of allylic oxidation sites excluding steroid dienone is 2. The van der Waals surface area contributed by atoms with Gasteiger partial charge in [-0.15, -0.1) is 0 Å². The van der Waals surface area contributed by atoms with Crippen molar-refractivity contribution in [3.8, 4) is 0 Å². The third-order valence-electron chi connectivity index (χ3n) is 3.10. The number of imide groups is 1. The van der Waals surface area contributed by atoms with Crippen molar-refractivity contribution in [2.75, 3.05) is 6.54 Å². The van der Waals surface area contributed by atoms with Crippen LogP contribution in [0.5, 0.6) is 0 Å². The Bertz CT molecular complexity index is 510. The van der Waals surface area contributed by atoms with Gasteiger partial charge in [-0.25, -0.2) is 0 Å². The van der Waals surface area contributed by atoms with Crippen LogP contribution in [-0.4, -0.2) is 23.3 Å². The summed E-state index contributed by atoms with van der Waals surface area (Å²) in [6.45, 7) is 0.430. The Balaban J connectivity index is 1.90. The molecule has 3 rings (SSSR count). The molecule has 3 nitrogen and oxygen atoms in total. The first-order chi connectivity index (χ1) is 8.27. The summed E-state index contributed by atoms with van der Waals surface area (Å²) in [7, 11) is 0. The first kappa shape index (κ1) is 10.0. The molecular formula is C14H11NO2. The maximum Gasteiger partial charge on any atom is 0.261 e. The van der Waals surface area contributed by atoms with Gasteiger partial charge in [0, 0.05) is 12.5 Å². The normalized spacial score (nSPS) is 18.2. The zero-order valence-corrected chi connectivity index (χ0v) is 9.17. The number of fused-ring (bicyclic) bond motifs is 1. The van der Waals surface area contributed by atoms with Gasteiger partial charge in [-0.2, -0.15) is 0 Å². The highest BCUT2D eigenvalue weighted by Gasteiger charge is 2.35. The predicted molar refractivity (Wildman–Crippen MR) is 63.6 cm³/mol. The Morgan fingerprint density at radius 2 is 1.47 bits per heavy atom. The van der Waals surface area contributed by atoms with Crippen molar-refractivity contribution >= 4 is 11.8 Å². The van der Waals surface area contributed by atoms with Crippen molar-refractivity contribution < 1.29 is 9.59 Å². The Morgan fingerprint density at radius 1 is 0.941 bits per heavy atom. The van der Waals surface area contributed by atoms with Crippen LogP contribution in [-0.2, 0) is 0 Å². The van der Waals surface area contributed by atoms with Crippen LogP contribution in [0.3, 0.4) is 0 Å². The topological polar surface area (TPSA) is 37.4 Å². The van der Waals surface area contributed by atoms with Crippen molar-refractivity contribution in [1.29, 1.82) is 0 Å². The molecule has 2 amide bonds. The highest BCUT2D eigenvalue weighted by molar-refractivity contribution is 6.21. The summed E-state index contributed by atoms with van der Waals surface area (Å²) in [6.07, 6.45) is 7.85. The minimum absolute atomic E-state index is 0.150. The summed E-state index contributed by atoms with van der Waals surface area (Å²) >= 11 is 0. The van der Waals surface area contributed by atoms with Crippen molar-refractivity contribution in [1.82, 2.24) is 4.90 Å². The second-order valence-corrected chi connectivity index (χ2v) is 4.20. The van der Waals surface area contributed by atoms with Crippen LogP contribution in [0.25, 0.3) is 0 Å². The molecule has 0 radical (unpaired) electrons. The molecule has 1 heterocycles. The quantitative estimate of drug-likeness (QED) is 0.722. The average molecular weight is 225 g/mol. The summed E-state index contributed by atoms with van der Waals surface area (Å²) < 4.78 is 0. The van der Waals surface area contributed by atoms with Gasteiger partial charge < -0.3 is 0 Å². The number of benzene rings is 1. The molecule has 17 heavy (non-hydrogen) atoms. The van der Waals surface area contributed by atoms with E-state index >= 15 is 0 Å². The van der Waals surface area contributed by atoms with Crippen LogP contribution in [0.15, 0.2) is 48.6 Å². The highest BCUT2D eigenvalue weighted by Crippen LogP contribution is 2.24. The molecule has 1 aliphatic carbocycles. The third-order valence-corrected chi connectivity index (χ3v) is 3.10. The van der Waals surface area contributed by atoms with E-state index in [2.05, 4.69) is 0 Å². The average Bonchev–Trinajstić information content (AvgIpc) is 2.94. The summed E-state index contributed by atoms with van der Waals surface area (Å²) in [6, 6.07) is 6.97. The molecule has 84 valence electrons. The molecule has 2 aliphatic rings. The number of nitrogens with zero attached hydrogens (tertiary/aromatic N) is 1. The summed E-state index contributed by atoms with van der Waals surface area (Å²) in [4.78, 5) is 25.4. The van der Waals surface area contributed by atoms with Gasteiger partial charge in [0.05, 0.1) is 11.1 Å². The number of carbonyl (C=O) groups is 2. The lowest BCUT2D eigenvalue weighted by Crippen LogP contribution is -2.33.